The van der Waals surface area contributed by atoms with Crippen molar-refractivity contribution < 1.29 is 18.8 Å². The third-order valence-electron chi connectivity index (χ3n) is 5.41. The molecular formula is C21H25N3O4S. The summed E-state index contributed by atoms with van der Waals surface area (Å²) < 4.78 is 17.6. The molecule has 4 rings (SSSR count). The lowest BCUT2D eigenvalue weighted by atomic mass is 10.0. The van der Waals surface area contributed by atoms with Gasteiger partial charge >= 0.3 is 0 Å². The summed E-state index contributed by atoms with van der Waals surface area (Å²) in [4.78, 5) is 19.1. The number of aromatic nitrogens is 2. The Bertz CT molecular complexity index is 985. The van der Waals surface area contributed by atoms with Gasteiger partial charge in [-0.2, -0.15) is 0 Å². The molecule has 0 bridgehead atoms. The first kappa shape index (κ1) is 19.7. The normalized spacial score (nSPS) is 15.1. The summed E-state index contributed by atoms with van der Waals surface area (Å²) in [6.07, 6.45) is 2.87. The number of ether oxygens (including phenoxy) is 2. The quantitative estimate of drug-likeness (QED) is 0.607. The molecular weight excluding hydrogens is 390 g/mol. The lowest BCUT2D eigenvalue weighted by Crippen LogP contribution is -2.41. The third-order valence-corrected chi connectivity index (χ3v) is 6.33. The van der Waals surface area contributed by atoms with Crippen molar-refractivity contribution >= 4 is 27.5 Å². The molecule has 1 fully saturated rings. The summed E-state index contributed by atoms with van der Waals surface area (Å²) in [5.41, 5.74) is 2.80. The topological polar surface area (TPSA) is 77.7 Å². The summed E-state index contributed by atoms with van der Waals surface area (Å²) in [7, 11) is 1.65. The monoisotopic (exact) mass is 415 g/mol. The highest BCUT2D eigenvalue weighted by Crippen LogP contribution is 2.32. The van der Waals surface area contributed by atoms with Crippen LogP contribution in [0.2, 0.25) is 0 Å². The minimum absolute atomic E-state index is 0.0871. The fraction of sp³-hybridized carbons (Fsp3) is 0.476. The number of fused-ring (bicyclic) bond motifs is 1. The van der Waals surface area contributed by atoms with Gasteiger partial charge in [0, 0.05) is 44.0 Å². The van der Waals surface area contributed by atoms with Gasteiger partial charge in [0.1, 0.15) is 17.6 Å². The van der Waals surface area contributed by atoms with E-state index in [1.54, 1.807) is 18.4 Å². The van der Waals surface area contributed by atoms with Gasteiger partial charge < -0.3 is 18.9 Å². The molecule has 1 saturated heterocycles. The molecule has 1 aliphatic heterocycles. The lowest BCUT2D eigenvalue weighted by Gasteiger charge is -2.31. The number of benzene rings is 1. The third kappa shape index (κ3) is 4.37. The zero-order valence-electron chi connectivity index (χ0n) is 16.9. The van der Waals surface area contributed by atoms with Gasteiger partial charge in [0.25, 0.3) is 5.19 Å². The van der Waals surface area contributed by atoms with Gasteiger partial charge in [0.05, 0.1) is 23.0 Å². The highest BCUT2D eigenvalue weighted by Gasteiger charge is 2.25. The van der Waals surface area contributed by atoms with Crippen LogP contribution in [0.4, 0.5) is 0 Å². The van der Waals surface area contributed by atoms with Crippen LogP contribution in [0.3, 0.4) is 0 Å². The molecule has 0 atom stereocenters. The van der Waals surface area contributed by atoms with Crippen LogP contribution in [0.15, 0.2) is 22.7 Å². The van der Waals surface area contributed by atoms with Gasteiger partial charge in [-0.25, -0.2) is 4.98 Å². The molecule has 1 aliphatic rings. The van der Waals surface area contributed by atoms with E-state index in [0.29, 0.717) is 31.1 Å². The molecule has 2 aromatic heterocycles. The SMILES string of the molecule is COc1ccc2sc(OC3CCN(C(=O)CCc4c(C)noc4C)CC3)nc2c1. The maximum atomic E-state index is 12.6. The Balaban J connectivity index is 1.28. The second-order valence-electron chi connectivity index (χ2n) is 7.31. The van der Waals surface area contributed by atoms with Gasteiger partial charge in [-0.05, 0) is 32.4 Å². The van der Waals surface area contributed by atoms with E-state index in [2.05, 4.69) is 10.1 Å². The van der Waals surface area contributed by atoms with E-state index in [4.69, 9.17) is 14.0 Å². The number of hydrogen-bond acceptors (Lipinski definition) is 7. The van der Waals surface area contributed by atoms with Gasteiger partial charge in [0.2, 0.25) is 5.91 Å². The van der Waals surface area contributed by atoms with Crippen molar-refractivity contribution in [3.05, 3.63) is 35.2 Å². The van der Waals surface area contributed by atoms with Crippen molar-refractivity contribution in [3.8, 4) is 10.9 Å². The molecule has 0 N–H and O–H groups in total. The number of hydrogen-bond donors (Lipinski definition) is 0. The standard InChI is InChI=1S/C21H25N3O4S/c1-13-17(14(2)28-23-13)5-7-20(25)24-10-8-15(9-11-24)27-21-22-18-12-16(26-3)4-6-19(18)29-21/h4,6,12,15H,5,7-11H2,1-3H3. The number of nitrogens with zero attached hydrogens (tertiary/aromatic N) is 3. The van der Waals surface area contributed by atoms with Crippen molar-refractivity contribution in [2.45, 2.75) is 45.6 Å². The second-order valence-corrected chi connectivity index (χ2v) is 8.31. The number of rotatable bonds is 6. The summed E-state index contributed by atoms with van der Waals surface area (Å²) in [5.74, 6) is 1.77. The van der Waals surface area contributed by atoms with E-state index in [1.165, 1.54) is 0 Å². The van der Waals surface area contributed by atoms with E-state index in [9.17, 15) is 4.79 Å². The largest absolute Gasteiger partial charge is 0.497 e. The van der Waals surface area contributed by atoms with E-state index in [1.807, 2.05) is 36.9 Å². The van der Waals surface area contributed by atoms with E-state index in [-0.39, 0.29) is 12.0 Å². The number of carbonyl (C=O) groups excluding carboxylic acids is 1. The molecule has 3 aromatic rings. The van der Waals surface area contributed by atoms with Gasteiger partial charge in [0.15, 0.2) is 0 Å². The lowest BCUT2D eigenvalue weighted by molar-refractivity contribution is -0.132. The molecule has 154 valence electrons. The number of thiazole rings is 1. The maximum absolute atomic E-state index is 12.6. The molecule has 0 saturated carbocycles. The maximum Gasteiger partial charge on any atom is 0.274 e. The van der Waals surface area contributed by atoms with Gasteiger partial charge in [-0.15, -0.1) is 0 Å². The van der Waals surface area contributed by atoms with Crippen LogP contribution in [-0.4, -0.2) is 47.3 Å². The Hall–Kier alpha value is -2.61. The second kappa shape index (κ2) is 8.41. The Morgan fingerprint density at radius 2 is 2.10 bits per heavy atom. The van der Waals surface area contributed by atoms with Crippen molar-refractivity contribution in [2.24, 2.45) is 0 Å². The fourth-order valence-corrected chi connectivity index (χ4v) is 4.54. The fourth-order valence-electron chi connectivity index (χ4n) is 3.68. The zero-order chi connectivity index (χ0) is 20.4. The first-order valence-electron chi connectivity index (χ1n) is 9.84. The highest BCUT2D eigenvalue weighted by atomic mass is 32.1. The molecule has 8 heteroatoms. The van der Waals surface area contributed by atoms with E-state index < -0.39 is 0 Å². The molecule has 1 amide bonds. The molecule has 29 heavy (non-hydrogen) atoms. The van der Waals surface area contributed by atoms with E-state index >= 15 is 0 Å². The Morgan fingerprint density at radius 3 is 2.79 bits per heavy atom. The number of carbonyl (C=O) groups is 1. The molecule has 0 aliphatic carbocycles. The molecule has 0 spiro atoms. The predicted molar refractivity (Wildman–Crippen MR) is 111 cm³/mol. The summed E-state index contributed by atoms with van der Waals surface area (Å²) in [5, 5.41) is 4.63. The summed E-state index contributed by atoms with van der Waals surface area (Å²) >= 11 is 1.54. The molecule has 0 radical (unpaired) electrons. The number of likely N-dealkylation sites (tertiary alicyclic amines) is 1. The van der Waals surface area contributed by atoms with Crippen LogP contribution in [-0.2, 0) is 11.2 Å². The predicted octanol–water partition coefficient (Wildman–Crippen LogP) is 3.91. The Kier molecular flexibility index (Phi) is 5.71. The Labute approximate surface area is 173 Å². The van der Waals surface area contributed by atoms with Crippen molar-refractivity contribution in [2.75, 3.05) is 20.2 Å². The zero-order valence-corrected chi connectivity index (χ0v) is 17.8. The number of piperidine rings is 1. The Morgan fingerprint density at radius 1 is 1.31 bits per heavy atom. The average molecular weight is 416 g/mol. The summed E-state index contributed by atoms with van der Waals surface area (Å²) in [6, 6.07) is 5.84. The molecule has 7 nitrogen and oxygen atoms in total. The van der Waals surface area contributed by atoms with Crippen molar-refractivity contribution in [1.82, 2.24) is 15.0 Å². The van der Waals surface area contributed by atoms with Crippen LogP contribution in [0.25, 0.3) is 10.2 Å². The van der Waals surface area contributed by atoms with Gasteiger partial charge in [-0.3, -0.25) is 4.79 Å². The average Bonchev–Trinajstić information content (AvgIpc) is 3.28. The minimum atomic E-state index is 0.0871. The smallest absolute Gasteiger partial charge is 0.274 e. The first-order chi connectivity index (χ1) is 14.0. The highest BCUT2D eigenvalue weighted by molar-refractivity contribution is 7.20. The van der Waals surface area contributed by atoms with Crippen LogP contribution in [0, 0.1) is 13.8 Å². The van der Waals surface area contributed by atoms with Crippen LogP contribution in [0.1, 0.15) is 36.3 Å². The van der Waals surface area contributed by atoms with E-state index in [0.717, 1.165) is 45.8 Å². The molecule has 1 aromatic carbocycles. The number of amides is 1. The summed E-state index contributed by atoms with van der Waals surface area (Å²) in [6.45, 7) is 5.23. The van der Waals surface area contributed by atoms with Crippen LogP contribution < -0.4 is 9.47 Å². The van der Waals surface area contributed by atoms with Gasteiger partial charge in [-0.1, -0.05) is 16.5 Å². The number of aryl methyl sites for hydroxylation is 2. The van der Waals surface area contributed by atoms with Crippen LogP contribution in [0.5, 0.6) is 10.9 Å². The first-order valence-corrected chi connectivity index (χ1v) is 10.7. The minimum Gasteiger partial charge on any atom is -0.497 e. The van der Waals surface area contributed by atoms with Crippen molar-refractivity contribution in [3.63, 3.8) is 0 Å². The molecule has 0 unspecified atom stereocenters. The van der Waals surface area contributed by atoms with Crippen LogP contribution >= 0.6 is 11.3 Å². The molecule has 3 heterocycles. The van der Waals surface area contributed by atoms with Crippen molar-refractivity contribution in [1.29, 1.82) is 0 Å². The number of methoxy groups -OCH3 is 1.